The van der Waals surface area contributed by atoms with Crippen LogP contribution in [0.3, 0.4) is 0 Å². The maximum Gasteiger partial charge on any atom is 0.0657 e. The zero-order chi connectivity index (χ0) is 13.8. The molecule has 0 aliphatic carbocycles. The quantitative estimate of drug-likeness (QED) is 0.822. The van der Waals surface area contributed by atoms with Crippen molar-refractivity contribution in [3.8, 4) is 5.69 Å². The molecule has 1 atom stereocenters. The second kappa shape index (κ2) is 6.68. The van der Waals surface area contributed by atoms with E-state index in [9.17, 15) is 0 Å². The second-order valence-electron chi connectivity index (χ2n) is 4.48. The van der Waals surface area contributed by atoms with Crippen LogP contribution in [0.25, 0.3) is 5.69 Å². The molecule has 1 N–H and O–H groups in total. The monoisotopic (exact) mass is 385 g/mol. The van der Waals surface area contributed by atoms with Crippen LogP contribution in [0.1, 0.15) is 31.9 Å². The summed E-state index contributed by atoms with van der Waals surface area (Å²) in [6, 6.07) is 6.66. The van der Waals surface area contributed by atoms with E-state index in [0.717, 1.165) is 27.6 Å². The van der Waals surface area contributed by atoms with Crippen molar-refractivity contribution in [1.29, 1.82) is 0 Å². The Bertz CT molecular complexity index is 551. The van der Waals surface area contributed by atoms with E-state index in [0.29, 0.717) is 6.04 Å². The van der Waals surface area contributed by atoms with Gasteiger partial charge in [0.15, 0.2) is 0 Å². The zero-order valence-corrected chi connectivity index (χ0v) is 14.2. The fourth-order valence-electron chi connectivity index (χ4n) is 1.92. The molecule has 0 saturated carbocycles. The smallest absolute Gasteiger partial charge is 0.0657 e. The largest absolute Gasteiger partial charge is 0.310 e. The molecule has 1 heterocycles. The number of aromatic nitrogens is 2. The lowest BCUT2D eigenvalue weighted by molar-refractivity contribution is 0.569. The lowest BCUT2D eigenvalue weighted by Crippen LogP contribution is -2.19. The summed E-state index contributed by atoms with van der Waals surface area (Å²) in [6.45, 7) is 5.38. The molecule has 0 bridgehead atoms. The van der Waals surface area contributed by atoms with Crippen LogP contribution in [0.2, 0.25) is 0 Å². The molecule has 1 aromatic heterocycles. The Labute approximate surface area is 130 Å². The van der Waals surface area contributed by atoms with Gasteiger partial charge in [0.2, 0.25) is 0 Å². The Morgan fingerprint density at radius 3 is 2.74 bits per heavy atom. The minimum Gasteiger partial charge on any atom is -0.310 e. The lowest BCUT2D eigenvalue weighted by atomic mass is 10.1. The van der Waals surface area contributed by atoms with Gasteiger partial charge in [-0.1, -0.05) is 28.9 Å². The molecule has 2 aromatic rings. The number of hydrogen-bond donors (Lipinski definition) is 1. The molecule has 2 rings (SSSR count). The Morgan fingerprint density at radius 2 is 2.16 bits per heavy atom. The van der Waals surface area contributed by atoms with Crippen molar-refractivity contribution in [2.24, 2.45) is 0 Å². The van der Waals surface area contributed by atoms with Gasteiger partial charge >= 0.3 is 0 Å². The van der Waals surface area contributed by atoms with Crippen molar-refractivity contribution in [3.05, 3.63) is 45.1 Å². The van der Waals surface area contributed by atoms with Crippen LogP contribution in [0.4, 0.5) is 0 Å². The highest BCUT2D eigenvalue weighted by Gasteiger charge is 2.10. The summed E-state index contributed by atoms with van der Waals surface area (Å²) in [5.74, 6) is 0. The van der Waals surface area contributed by atoms with Crippen LogP contribution in [0.15, 0.2) is 39.5 Å². The Morgan fingerprint density at radius 1 is 1.37 bits per heavy atom. The first-order chi connectivity index (χ1) is 9.11. The summed E-state index contributed by atoms with van der Waals surface area (Å²) in [5.41, 5.74) is 2.31. The fourth-order valence-corrected chi connectivity index (χ4v) is 2.92. The highest BCUT2D eigenvalue weighted by atomic mass is 79.9. The highest BCUT2D eigenvalue weighted by Crippen LogP contribution is 2.26. The molecule has 3 nitrogen and oxygen atoms in total. The van der Waals surface area contributed by atoms with Gasteiger partial charge in [-0.25, -0.2) is 4.68 Å². The number of halogens is 2. The predicted octanol–water partition coefficient (Wildman–Crippen LogP) is 4.46. The highest BCUT2D eigenvalue weighted by molar-refractivity contribution is 9.10. The van der Waals surface area contributed by atoms with Gasteiger partial charge in [-0.05, 0) is 53.5 Å². The van der Waals surface area contributed by atoms with E-state index in [2.05, 4.69) is 74.3 Å². The number of nitrogens with zero attached hydrogens (tertiary/aromatic N) is 2. The summed E-state index contributed by atoms with van der Waals surface area (Å²) in [6.07, 6.45) is 4.87. The molecule has 0 radical (unpaired) electrons. The number of benzene rings is 1. The molecular weight excluding hydrogens is 370 g/mol. The number of hydrogen-bond acceptors (Lipinski definition) is 2. The van der Waals surface area contributed by atoms with E-state index in [-0.39, 0.29) is 0 Å². The molecule has 0 saturated heterocycles. The molecule has 0 fully saturated rings. The van der Waals surface area contributed by atoms with E-state index in [1.54, 1.807) is 6.20 Å². The second-order valence-corrected chi connectivity index (χ2v) is 6.25. The Hall–Kier alpha value is -0.650. The van der Waals surface area contributed by atoms with E-state index >= 15 is 0 Å². The van der Waals surface area contributed by atoms with Crippen LogP contribution < -0.4 is 5.32 Å². The third kappa shape index (κ3) is 3.68. The van der Waals surface area contributed by atoms with Gasteiger partial charge in [0, 0.05) is 16.7 Å². The van der Waals surface area contributed by atoms with Gasteiger partial charge in [-0.3, -0.25) is 0 Å². The summed E-state index contributed by atoms with van der Waals surface area (Å²) in [4.78, 5) is 0. The molecule has 1 unspecified atom stereocenters. The van der Waals surface area contributed by atoms with Crippen LogP contribution in [-0.2, 0) is 0 Å². The molecule has 19 heavy (non-hydrogen) atoms. The fraction of sp³-hybridized carbons (Fsp3) is 0.357. The molecule has 0 amide bonds. The lowest BCUT2D eigenvalue weighted by Gasteiger charge is -2.16. The maximum absolute atomic E-state index is 4.28. The van der Waals surface area contributed by atoms with Gasteiger partial charge in [0.25, 0.3) is 0 Å². The van der Waals surface area contributed by atoms with Crippen molar-refractivity contribution in [3.63, 3.8) is 0 Å². The van der Waals surface area contributed by atoms with E-state index in [4.69, 9.17) is 0 Å². The SMILES string of the molecule is CCCNC(C)c1ccc(-n2cc(Br)cn2)cc1Br. The molecule has 1 aromatic carbocycles. The Balaban J connectivity index is 2.21. The molecule has 102 valence electrons. The first-order valence-corrected chi connectivity index (χ1v) is 7.93. The van der Waals surface area contributed by atoms with Gasteiger partial charge in [0.1, 0.15) is 0 Å². The number of nitrogens with one attached hydrogen (secondary N) is 1. The topological polar surface area (TPSA) is 29.9 Å². The minimum absolute atomic E-state index is 0.340. The van der Waals surface area contributed by atoms with Crippen LogP contribution >= 0.6 is 31.9 Å². The van der Waals surface area contributed by atoms with Crippen molar-refractivity contribution >= 4 is 31.9 Å². The third-order valence-electron chi connectivity index (χ3n) is 2.97. The van der Waals surface area contributed by atoms with Gasteiger partial charge < -0.3 is 5.32 Å². The van der Waals surface area contributed by atoms with Crippen LogP contribution in [0.5, 0.6) is 0 Å². The first-order valence-electron chi connectivity index (χ1n) is 6.35. The average Bonchev–Trinajstić information content (AvgIpc) is 2.82. The van der Waals surface area contributed by atoms with Gasteiger partial charge in [-0.15, -0.1) is 0 Å². The van der Waals surface area contributed by atoms with Crippen molar-refractivity contribution in [2.75, 3.05) is 6.54 Å². The summed E-state index contributed by atoms with van der Waals surface area (Å²) >= 11 is 7.06. The summed E-state index contributed by atoms with van der Waals surface area (Å²) in [5, 5.41) is 7.78. The predicted molar refractivity (Wildman–Crippen MR) is 85.7 cm³/mol. The average molecular weight is 387 g/mol. The van der Waals surface area contributed by atoms with Crippen molar-refractivity contribution in [1.82, 2.24) is 15.1 Å². The normalized spacial score (nSPS) is 12.6. The molecule has 0 aliphatic rings. The minimum atomic E-state index is 0.340. The van der Waals surface area contributed by atoms with Crippen molar-refractivity contribution < 1.29 is 0 Å². The Kier molecular flexibility index (Phi) is 5.19. The van der Waals surface area contributed by atoms with E-state index in [1.165, 1.54) is 5.56 Å². The van der Waals surface area contributed by atoms with Gasteiger partial charge in [0.05, 0.1) is 16.4 Å². The molecule has 5 heteroatoms. The molecular formula is C14H17Br2N3. The van der Waals surface area contributed by atoms with Gasteiger partial charge in [-0.2, -0.15) is 5.10 Å². The molecule has 0 spiro atoms. The first kappa shape index (κ1) is 14.8. The number of rotatable bonds is 5. The molecule has 0 aliphatic heterocycles. The van der Waals surface area contributed by atoms with Crippen LogP contribution in [-0.4, -0.2) is 16.3 Å². The summed E-state index contributed by atoms with van der Waals surface area (Å²) < 4.78 is 3.93. The zero-order valence-electron chi connectivity index (χ0n) is 11.0. The standard InChI is InChI=1S/C14H17Br2N3/c1-3-6-17-10(2)13-5-4-12(7-14(13)16)19-9-11(15)8-18-19/h4-5,7-10,17H,3,6H2,1-2H3. The van der Waals surface area contributed by atoms with Crippen LogP contribution in [0, 0.1) is 0 Å². The van der Waals surface area contributed by atoms with Crippen molar-refractivity contribution in [2.45, 2.75) is 26.3 Å². The van der Waals surface area contributed by atoms with E-state index < -0.39 is 0 Å². The van der Waals surface area contributed by atoms with E-state index in [1.807, 2.05) is 10.9 Å². The maximum atomic E-state index is 4.28. The third-order valence-corrected chi connectivity index (χ3v) is 4.06. The summed E-state index contributed by atoms with van der Waals surface area (Å²) in [7, 11) is 0.